The molecular formula is C15H19N3O2. The monoisotopic (exact) mass is 273 g/mol. The van der Waals surface area contributed by atoms with Gasteiger partial charge in [0.1, 0.15) is 0 Å². The number of nitriles is 1. The van der Waals surface area contributed by atoms with E-state index >= 15 is 0 Å². The van der Waals surface area contributed by atoms with E-state index < -0.39 is 0 Å². The maximum atomic E-state index is 11.6. The number of hydrogen-bond donors (Lipinski definition) is 2. The Morgan fingerprint density at radius 1 is 1.20 bits per heavy atom. The van der Waals surface area contributed by atoms with Gasteiger partial charge in [0.15, 0.2) is 0 Å². The molecule has 106 valence electrons. The highest BCUT2D eigenvalue weighted by molar-refractivity contribution is 5.94. The average molecular weight is 273 g/mol. The van der Waals surface area contributed by atoms with Gasteiger partial charge in [0.2, 0.25) is 11.8 Å². The van der Waals surface area contributed by atoms with Gasteiger partial charge in [0, 0.05) is 12.1 Å². The lowest BCUT2D eigenvalue weighted by molar-refractivity contribution is -0.124. The fourth-order valence-corrected chi connectivity index (χ4v) is 1.52. The van der Waals surface area contributed by atoms with Crippen molar-refractivity contribution >= 4 is 17.5 Å². The van der Waals surface area contributed by atoms with E-state index in [0.29, 0.717) is 23.6 Å². The Kier molecular flexibility index (Phi) is 6.24. The quantitative estimate of drug-likeness (QED) is 0.832. The van der Waals surface area contributed by atoms with Crippen molar-refractivity contribution < 1.29 is 9.59 Å². The molecular weight excluding hydrogens is 254 g/mol. The van der Waals surface area contributed by atoms with Gasteiger partial charge < -0.3 is 10.6 Å². The first-order valence-electron chi connectivity index (χ1n) is 6.58. The third-order valence-corrected chi connectivity index (χ3v) is 2.69. The van der Waals surface area contributed by atoms with Crippen molar-refractivity contribution in [1.29, 1.82) is 5.26 Å². The molecule has 0 fully saturated rings. The summed E-state index contributed by atoms with van der Waals surface area (Å²) in [4.78, 5) is 23.1. The van der Waals surface area contributed by atoms with Crippen LogP contribution < -0.4 is 10.6 Å². The van der Waals surface area contributed by atoms with E-state index in [1.165, 1.54) is 0 Å². The van der Waals surface area contributed by atoms with Crippen LogP contribution in [-0.4, -0.2) is 18.4 Å². The molecule has 0 saturated heterocycles. The minimum atomic E-state index is -0.285. The smallest absolute Gasteiger partial charge is 0.243 e. The van der Waals surface area contributed by atoms with Crippen molar-refractivity contribution in [3.05, 3.63) is 29.8 Å². The molecule has 0 aliphatic heterocycles. The predicted octanol–water partition coefficient (Wildman–Crippen LogP) is 2.05. The zero-order valence-electron chi connectivity index (χ0n) is 11.8. The van der Waals surface area contributed by atoms with Gasteiger partial charge in [-0.25, -0.2) is 0 Å². The van der Waals surface area contributed by atoms with Gasteiger partial charge in [-0.1, -0.05) is 13.8 Å². The summed E-state index contributed by atoms with van der Waals surface area (Å²) in [5.41, 5.74) is 1.13. The Hall–Kier alpha value is -2.35. The summed E-state index contributed by atoms with van der Waals surface area (Å²) in [6.45, 7) is 4.05. The molecule has 2 N–H and O–H groups in total. The second-order valence-electron chi connectivity index (χ2n) is 4.95. The van der Waals surface area contributed by atoms with Gasteiger partial charge in [0.05, 0.1) is 18.2 Å². The highest BCUT2D eigenvalue weighted by atomic mass is 16.2. The number of hydrogen-bond acceptors (Lipinski definition) is 3. The Morgan fingerprint density at radius 2 is 1.85 bits per heavy atom. The van der Waals surface area contributed by atoms with Crippen molar-refractivity contribution in [2.24, 2.45) is 5.92 Å². The van der Waals surface area contributed by atoms with Gasteiger partial charge in [-0.05, 0) is 36.6 Å². The van der Waals surface area contributed by atoms with Crippen molar-refractivity contribution in [3.63, 3.8) is 0 Å². The number of carbonyl (C=O) groups is 2. The summed E-state index contributed by atoms with van der Waals surface area (Å²) in [5.74, 6) is 0.0644. The molecule has 0 radical (unpaired) electrons. The van der Waals surface area contributed by atoms with Crippen LogP contribution >= 0.6 is 0 Å². The third-order valence-electron chi connectivity index (χ3n) is 2.69. The molecule has 0 atom stereocenters. The second kappa shape index (κ2) is 7.95. The largest absolute Gasteiger partial charge is 0.347 e. The van der Waals surface area contributed by atoms with Crippen LogP contribution in [0.1, 0.15) is 32.3 Å². The topological polar surface area (TPSA) is 82.0 Å². The van der Waals surface area contributed by atoms with Gasteiger partial charge in [-0.2, -0.15) is 5.26 Å². The lowest BCUT2D eigenvalue weighted by Crippen LogP contribution is -2.32. The molecule has 0 spiro atoms. The molecule has 0 heterocycles. The summed E-state index contributed by atoms with van der Waals surface area (Å²) in [6.07, 6.45) is 1.24. The minimum Gasteiger partial charge on any atom is -0.347 e. The Balaban J connectivity index is 2.32. The summed E-state index contributed by atoms with van der Waals surface area (Å²) in [6, 6.07) is 8.54. The third kappa shape index (κ3) is 6.01. The standard InChI is InChI=1S/C15H19N3O2/c1-11(2)3-8-14(19)17-10-15(20)18-13-6-4-12(9-16)5-7-13/h4-7,11H,3,8,10H2,1-2H3,(H,17,19)(H,18,20). The SMILES string of the molecule is CC(C)CCC(=O)NCC(=O)Nc1ccc(C#N)cc1. The first kappa shape index (κ1) is 15.7. The van der Waals surface area contributed by atoms with Crippen LogP contribution in [0.5, 0.6) is 0 Å². The summed E-state index contributed by atoms with van der Waals surface area (Å²) >= 11 is 0. The van der Waals surface area contributed by atoms with Crippen molar-refractivity contribution in [1.82, 2.24) is 5.32 Å². The zero-order valence-corrected chi connectivity index (χ0v) is 11.8. The van der Waals surface area contributed by atoms with E-state index in [4.69, 9.17) is 5.26 Å². The molecule has 0 unspecified atom stereocenters. The van der Waals surface area contributed by atoms with Gasteiger partial charge in [0.25, 0.3) is 0 Å². The summed E-state index contributed by atoms with van der Waals surface area (Å²) in [5, 5.41) is 13.9. The number of nitrogens with zero attached hydrogens (tertiary/aromatic N) is 1. The van der Waals surface area contributed by atoms with Crippen LogP contribution in [0.3, 0.4) is 0 Å². The number of amides is 2. The Labute approximate surface area is 119 Å². The average Bonchev–Trinajstić information content (AvgIpc) is 2.43. The molecule has 1 aromatic rings. The number of rotatable bonds is 6. The van der Waals surface area contributed by atoms with E-state index in [1.54, 1.807) is 24.3 Å². The molecule has 1 rings (SSSR count). The van der Waals surface area contributed by atoms with Crippen LogP contribution in [0, 0.1) is 17.2 Å². The first-order valence-corrected chi connectivity index (χ1v) is 6.58. The van der Waals surface area contributed by atoms with Crippen molar-refractivity contribution in [2.75, 3.05) is 11.9 Å². The lowest BCUT2D eigenvalue weighted by Gasteiger charge is -2.08. The maximum Gasteiger partial charge on any atom is 0.243 e. The van der Waals surface area contributed by atoms with E-state index in [2.05, 4.69) is 10.6 Å². The fraction of sp³-hybridized carbons (Fsp3) is 0.400. The molecule has 0 saturated carbocycles. The van der Waals surface area contributed by atoms with Crippen molar-refractivity contribution in [3.8, 4) is 6.07 Å². The number of carbonyl (C=O) groups excluding carboxylic acids is 2. The normalized spacial score (nSPS) is 9.90. The molecule has 0 aromatic heterocycles. The number of benzene rings is 1. The van der Waals surface area contributed by atoms with Gasteiger partial charge >= 0.3 is 0 Å². The van der Waals surface area contributed by atoms with Crippen LogP contribution in [0.25, 0.3) is 0 Å². The molecule has 0 aliphatic carbocycles. The lowest BCUT2D eigenvalue weighted by atomic mass is 10.1. The van der Waals surface area contributed by atoms with Crippen LogP contribution in [0.4, 0.5) is 5.69 Å². The van der Waals surface area contributed by atoms with Crippen LogP contribution in [-0.2, 0) is 9.59 Å². The molecule has 5 heteroatoms. The van der Waals surface area contributed by atoms with E-state index in [-0.39, 0.29) is 18.4 Å². The predicted molar refractivity (Wildman–Crippen MR) is 76.9 cm³/mol. The summed E-state index contributed by atoms with van der Waals surface area (Å²) in [7, 11) is 0. The highest BCUT2D eigenvalue weighted by Gasteiger charge is 2.06. The highest BCUT2D eigenvalue weighted by Crippen LogP contribution is 2.08. The molecule has 0 aliphatic rings. The molecule has 2 amide bonds. The molecule has 20 heavy (non-hydrogen) atoms. The molecule has 1 aromatic carbocycles. The molecule has 0 bridgehead atoms. The Bertz CT molecular complexity index is 501. The van der Waals surface area contributed by atoms with E-state index in [9.17, 15) is 9.59 Å². The van der Waals surface area contributed by atoms with Crippen LogP contribution in [0.15, 0.2) is 24.3 Å². The van der Waals surface area contributed by atoms with E-state index in [1.807, 2.05) is 19.9 Å². The van der Waals surface area contributed by atoms with E-state index in [0.717, 1.165) is 6.42 Å². The number of anilines is 1. The molecule has 5 nitrogen and oxygen atoms in total. The summed E-state index contributed by atoms with van der Waals surface area (Å²) < 4.78 is 0. The first-order chi connectivity index (χ1) is 9.51. The fourth-order valence-electron chi connectivity index (χ4n) is 1.52. The minimum absolute atomic E-state index is 0.0447. The number of nitrogens with one attached hydrogen (secondary N) is 2. The maximum absolute atomic E-state index is 11.6. The zero-order chi connectivity index (χ0) is 15.0. The Morgan fingerprint density at radius 3 is 2.40 bits per heavy atom. The second-order valence-corrected chi connectivity index (χ2v) is 4.95. The van der Waals surface area contributed by atoms with Crippen LogP contribution in [0.2, 0.25) is 0 Å². The van der Waals surface area contributed by atoms with Gasteiger partial charge in [-0.15, -0.1) is 0 Å². The van der Waals surface area contributed by atoms with Crippen molar-refractivity contribution in [2.45, 2.75) is 26.7 Å². The van der Waals surface area contributed by atoms with Gasteiger partial charge in [-0.3, -0.25) is 9.59 Å².